The van der Waals surface area contributed by atoms with E-state index in [1.807, 2.05) is 6.07 Å². The summed E-state index contributed by atoms with van der Waals surface area (Å²) in [5.74, 6) is -1.51. The average molecular weight is 240 g/mol. The molecule has 18 heavy (non-hydrogen) atoms. The Bertz CT molecular complexity index is 660. The molecule has 0 saturated carbocycles. The minimum absolute atomic E-state index is 0.185. The fraction of sp³-hybridized carbons (Fsp3) is 0. The maximum absolute atomic E-state index is 10.9. The first-order valence-corrected chi connectivity index (χ1v) is 5.03. The molecule has 0 aliphatic rings. The molecule has 0 atom stereocenters. The summed E-state index contributed by atoms with van der Waals surface area (Å²) in [7, 11) is 0. The summed E-state index contributed by atoms with van der Waals surface area (Å²) < 4.78 is 0. The monoisotopic (exact) mass is 240 g/mol. The molecule has 1 aromatic heterocycles. The Kier molecular flexibility index (Phi) is 2.94. The second-order valence-corrected chi connectivity index (χ2v) is 3.61. The Hall–Kier alpha value is -2.87. The van der Waals surface area contributed by atoms with Gasteiger partial charge in [-0.2, -0.15) is 5.26 Å². The molecular weight excluding hydrogens is 232 g/mol. The second-order valence-electron chi connectivity index (χ2n) is 3.61. The van der Waals surface area contributed by atoms with Crippen molar-refractivity contribution in [3.8, 4) is 22.9 Å². The molecular formula is C13H8N2O3. The number of hydrogen-bond donors (Lipinski definition) is 2. The Morgan fingerprint density at radius 1 is 1.22 bits per heavy atom. The summed E-state index contributed by atoms with van der Waals surface area (Å²) in [5.41, 5.74) is 1.40. The lowest BCUT2D eigenvalue weighted by Gasteiger charge is -2.04. The number of rotatable bonds is 2. The van der Waals surface area contributed by atoms with Crippen LogP contribution in [0.4, 0.5) is 0 Å². The van der Waals surface area contributed by atoms with Crippen molar-refractivity contribution < 1.29 is 15.0 Å². The van der Waals surface area contributed by atoms with Gasteiger partial charge in [-0.15, -0.1) is 0 Å². The van der Waals surface area contributed by atoms with Crippen LogP contribution in [0.5, 0.6) is 5.75 Å². The molecule has 0 unspecified atom stereocenters. The molecule has 2 N–H and O–H groups in total. The van der Waals surface area contributed by atoms with Crippen molar-refractivity contribution in [3.63, 3.8) is 0 Å². The molecule has 0 bridgehead atoms. The Morgan fingerprint density at radius 3 is 2.67 bits per heavy atom. The molecule has 2 aromatic rings. The van der Waals surface area contributed by atoms with Gasteiger partial charge in [0.25, 0.3) is 0 Å². The number of aromatic carboxylic acids is 1. The number of carboxylic acids is 1. The number of aromatic nitrogens is 1. The first-order chi connectivity index (χ1) is 8.61. The lowest BCUT2D eigenvalue weighted by Crippen LogP contribution is -1.97. The molecule has 0 amide bonds. The number of benzene rings is 1. The van der Waals surface area contributed by atoms with Gasteiger partial charge in [0, 0.05) is 18.0 Å². The van der Waals surface area contributed by atoms with Gasteiger partial charge >= 0.3 is 5.97 Å². The van der Waals surface area contributed by atoms with Crippen molar-refractivity contribution in [3.05, 3.63) is 47.8 Å². The molecule has 0 fully saturated rings. The number of carbonyl (C=O) groups is 1. The van der Waals surface area contributed by atoms with E-state index in [1.54, 1.807) is 12.1 Å². The van der Waals surface area contributed by atoms with E-state index in [4.69, 9.17) is 10.4 Å². The predicted molar refractivity (Wildman–Crippen MR) is 63.0 cm³/mol. The highest BCUT2D eigenvalue weighted by molar-refractivity contribution is 5.92. The third-order valence-corrected chi connectivity index (χ3v) is 2.43. The number of carboxylic acid groups (broad SMARTS) is 1. The van der Waals surface area contributed by atoms with Crippen molar-refractivity contribution >= 4 is 5.97 Å². The van der Waals surface area contributed by atoms with E-state index < -0.39 is 5.97 Å². The van der Waals surface area contributed by atoms with Crippen LogP contribution in [0.15, 0.2) is 36.7 Å². The first-order valence-electron chi connectivity index (χ1n) is 5.03. The number of nitrogens with zero attached hydrogens (tertiary/aromatic N) is 2. The van der Waals surface area contributed by atoms with E-state index >= 15 is 0 Å². The zero-order valence-electron chi connectivity index (χ0n) is 9.16. The van der Waals surface area contributed by atoms with Gasteiger partial charge in [0.1, 0.15) is 17.4 Å². The van der Waals surface area contributed by atoms with Crippen LogP contribution in [0.2, 0.25) is 0 Å². The Labute approximate surface area is 103 Å². The zero-order chi connectivity index (χ0) is 13.1. The fourth-order valence-electron chi connectivity index (χ4n) is 1.55. The number of hydrogen-bond acceptors (Lipinski definition) is 4. The van der Waals surface area contributed by atoms with Crippen molar-refractivity contribution in [1.82, 2.24) is 4.98 Å². The largest absolute Gasteiger partial charge is 0.507 e. The van der Waals surface area contributed by atoms with Crippen molar-refractivity contribution in [2.45, 2.75) is 0 Å². The van der Waals surface area contributed by atoms with E-state index in [0.29, 0.717) is 16.7 Å². The van der Waals surface area contributed by atoms with Gasteiger partial charge in [0.05, 0.1) is 5.56 Å². The van der Waals surface area contributed by atoms with Crippen molar-refractivity contribution in [2.24, 2.45) is 0 Å². The highest BCUT2D eigenvalue weighted by Gasteiger charge is 2.11. The topological polar surface area (TPSA) is 94.2 Å². The third-order valence-electron chi connectivity index (χ3n) is 2.43. The average Bonchev–Trinajstić information content (AvgIpc) is 2.39. The Morgan fingerprint density at radius 2 is 2.00 bits per heavy atom. The van der Waals surface area contributed by atoms with Crippen LogP contribution < -0.4 is 0 Å². The van der Waals surface area contributed by atoms with Crippen LogP contribution in [-0.4, -0.2) is 21.2 Å². The lowest BCUT2D eigenvalue weighted by atomic mass is 10.0. The fourth-order valence-corrected chi connectivity index (χ4v) is 1.55. The maximum Gasteiger partial charge on any atom is 0.339 e. The van der Waals surface area contributed by atoms with Gasteiger partial charge in [0.2, 0.25) is 0 Å². The molecule has 1 heterocycles. The van der Waals surface area contributed by atoms with Crippen LogP contribution in [0.1, 0.15) is 15.9 Å². The standard InChI is InChI=1S/C13H8N2O3/c14-5-8-3-10(7-15-6-8)9-1-2-12(16)11(4-9)13(17)18/h1-4,6-7,16H,(H,17,18). The zero-order valence-corrected chi connectivity index (χ0v) is 9.16. The second kappa shape index (κ2) is 4.55. The van der Waals surface area contributed by atoms with Gasteiger partial charge in [-0.1, -0.05) is 6.07 Å². The summed E-state index contributed by atoms with van der Waals surface area (Å²) in [5, 5.41) is 27.1. The normalized spacial score (nSPS) is 9.72. The molecule has 0 radical (unpaired) electrons. The molecule has 88 valence electrons. The molecule has 0 spiro atoms. The van der Waals surface area contributed by atoms with Crippen LogP contribution in [-0.2, 0) is 0 Å². The van der Waals surface area contributed by atoms with E-state index in [0.717, 1.165) is 0 Å². The highest BCUT2D eigenvalue weighted by Crippen LogP contribution is 2.25. The van der Waals surface area contributed by atoms with Crippen LogP contribution in [0.25, 0.3) is 11.1 Å². The number of phenols is 1. The number of aromatic hydroxyl groups is 1. The van der Waals surface area contributed by atoms with Gasteiger partial charge in [-0.3, -0.25) is 4.98 Å². The van der Waals surface area contributed by atoms with Gasteiger partial charge in [0.15, 0.2) is 0 Å². The van der Waals surface area contributed by atoms with E-state index in [1.165, 1.54) is 24.5 Å². The molecule has 5 heteroatoms. The number of nitriles is 1. The minimum atomic E-state index is -1.21. The molecule has 1 aromatic carbocycles. The SMILES string of the molecule is N#Cc1cncc(-c2ccc(O)c(C(=O)O)c2)c1. The first kappa shape index (κ1) is 11.6. The quantitative estimate of drug-likeness (QED) is 0.837. The number of pyridine rings is 1. The molecule has 0 aliphatic heterocycles. The highest BCUT2D eigenvalue weighted by atomic mass is 16.4. The summed E-state index contributed by atoms with van der Waals surface area (Å²) in [4.78, 5) is 14.8. The predicted octanol–water partition coefficient (Wildman–Crippen LogP) is 2.02. The summed E-state index contributed by atoms with van der Waals surface area (Å²) in [6, 6.07) is 7.78. The summed E-state index contributed by atoms with van der Waals surface area (Å²) >= 11 is 0. The minimum Gasteiger partial charge on any atom is -0.507 e. The van der Waals surface area contributed by atoms with Crippen molar-refractivity contribution in [2.75, 3.05) is 0 Å². The van der Waals surface area contributed by atoms with E-state index in [9.17, 15) is 9.90 Å². The van der Waals surface area contributed by atoms with Crippen LogP contribution >= 0.6 is 0 Å². The lowest BCUT2D eigenvalue weighted by molar-refractivity contribution is 0.0694. The Balaban J connectivity index is 2.54. The summed E-state index contributed by atoms with van der Waals surface area (Å²) in [6.07, 6.45) is 2.95. The maximum atomic E-state index is 10.9. The van der Waals surface area contributed by atoms with Crippen molar-refractivity contribution in [1.29, 1.82) is 5.26 Å². The van der Waals surface area contributed by atoms with Crippen LogP contribution in [0.3, 0.4) is 0 Å². The van der Waals surface area contributed by atoms with Crippen LogP contribution in [0, 0.1) is 11.3 Å². The molecule has 0 aliphatic carbocycles. The molecule has 2 rings (SSSR count). The third kappa shape index (κ3) is 2.13. The molecule has 5 nitrogen and oxygen atoms in total. The van der Waals surface area contributed by atoms with E-state index in [2.05, 4.69) is 4.98 Å². The van der Waals surface area contributed by atoms with Gasteiger partial charge in [-0.05, 0) is 23.8 Å². The van der Waals surface area contributed by atoms with E-state index in [-0.39, 0.29) is 11.3 Å². The molecule has 0 saturated heterocycles. The van der Waals surface area contributed by atoms with Gasteiger partial charge < -0.3 is 10.2 Å². The smallest absolute Gasteiger partial charge is 0.339 e. The summed E-state index contributed by atoms with van der Waals surface area (Å²) in [6.45, 7) is 0. The van der Waals surface area contributed by atoms with Gasteiger partial charge in [-0.25, -0.2) is 4.79 Å².